The van der Waals surface area contributed by atoms with E-state index in [1.54, 1.807) is 24.3 Å². The van der Waals surface area contributed by atoms with Crippen LogP contribution >= 0.6 is 0 Å². The van der Waals surface area contributed by atoms with E-state index < -0.39 is 9.52 Å². The number of nitrogens with two attached hydrogens (primary N) is 1. The first-order valence-electron chi connectivity index (χ1n) is 5.29. The predicted molar refractivity (Wildman–Crippen MR) is 77.3 cm³/mol. The second-order valence-electron chi connectivity index (χ2n) is 4.06. The Morgan fingerprint density at radius 1 is 0.941 bits per heavy atom. The number of hydrogen-bond donors (Lipinski definition) is 1. The second-order valence-corrected chi connectivity index (χ2v) is 6.35. The Morgan fingerprint density at radius 3 is 1.82 bits per heavy atom. The van der Waals surface area contributed by atoms with Gasteiger partial charge in [-0.1, -0.05) is 17.6 Å². The molecule has 0 bridgehead atoms. The summed E-state index contributed by atoms with van der Waals surface area (Å²) in [4.78, 5) is 1.45. The fourth-order valence-electron chi connectivity index (χ4n) is 1.58. The Labute approximate surface area is 103 Å². The first-order chi connectivity index (χ1) is 8.00. The average Bonchev–Trinajstić information content (AvgIpc) is 2.30. The van der Waals surface area contributed by atoms with Crippen molar-refractivity contribution in [3.8, 4) is 0 Å². The molecule has 17 heavy (non-hydrogen) atoms. The van der Waals surface area contributed by atoms with Crippen molar-refractivity contribution in [1.29, 1.82) is 0 Å². The summed E-state index contributed by atoms with van der Waals surface area (Å²) in [6.45, 7) is 0. The SMILES string of the molecule is Bc1ccc(S(=C)(=O)c2ccc(N)cc2)cc1. The molecule has 2 N–H and O–H groups in total. The van der Waals surface area contributed by atoms with Gasteiger partial charge in [0, 0.05) is 25.0 Å². The molecular formula is C13H14BNOS. The topological polar surface area (TPSA) is 43.1 Å². The van der Waals surface area contributed by atoms with Crippen LogP contribution in [0, 0.1) is 0 Å². The van der Waals surface area contributed by atoms with Crippen LogP contribution in [0.5, 0.6) is 0 Å². The molecule has 2 aromatic rings. The van der Waals surface area contributed by atoms with Crippen LogP contribution in [-0.2, 0) is 9.52 Å². The molecule has 2 aromatic carbocycles. The molecule has 0 heterocycles. The van der Waals surface area contributed by atoms with Crippen molar-refractivity contribution in [2.45, 2.75) is 9.79 Å². The average molecular weight is 243 g/mol. The Hall–Kier alpha value is -1.68. The first kappa shape index (κ1) is 11.8. The standard InChI is InChI=1S/C13H14BNOS/c1-17(16,12-6-2-10(14)3-7-12)13-8-4-11(15)5-9-13/h2-9H,1,14-15H2. The van der Waals surface area contributed by atoms with Crippen molar-refractivity contribution in [2.24, 2.45) is 0 Å². The summed E-state index contributed by atoms with van der Waals surface area (Å²) in [5, 5.41) is 0. The van der Waals surface area contributed by atoms with E-state index in [1.807, 2.05) is 32.1 Å². The van der Waals surface area contributed by atoms with Gasteiger partial charge >= 0.3 is 0 Å². The van der Waals surface area contributed by atoms with E-state index in [0.29, 0.717) is 10.6 Å². The van der Waals surface area contributed by atoms with Crippen LogP contribution in [0.1, 0.15) is 0 Å². The number of benzene rings is 2. The molecule has 0 aliphatic carbocycles. The van der Waals surface area contributed by atoms with Gasteiger partial charge in [0.1, 0.15) is 7.85 Å². The highest BCUT2D eigenvalue weighted by Gasteiger charge is 2.10. The molecule has 1 atom stereocenters. The van der Waals surface area contributed by atoms with Gasteiger partial charge in [0.15, 0.2) is 0 Å². The van der Waals surface area contributed by atoms with Gasteiger partial charge in [-0.3, -0.25) is 4.21 Å². The summed E-state index contributed by atoms with van der Waals surface area (Å²) in [7, 11) is -0.430. The Morgan fingerprint density at radius 2 is 1.35 bits per heavy atom. The van der Waals surface area contributed by atoms with Crippen LogP contribution in [0.2, 0.25) is 0 Å². The number of hydrogen-bond acceptors (Lipinski definition) is 2. The Bertz CT molecular complexity index is 564. The van der Waals surface area contributed by atoms with Crippen molar-refractivity contribution in [3.63, 3.8) is 0 Å². The summed E-state index contributed by atoms with van der Waals surface area (Å²) >= 11 is 0. The van der Waals surface area contributed by atoms with E-state index in [1.165, 1.54) is 0 Å². The lowest BCUT2D eigenvalue weighted by atomic mass is 9.97. The summed E-state index contributed by atoms with van der Waals surface area (Å²) in [6, 6.07) is 14.6. The summed E-state index contributed by atoms with van der Waals surface area (Å²) < 4.78 is 12.7. The fourth-order valence-corrected chi connectivity index (χ4v) is 3.01. The van der Waals surface area contributed by atoms with E-state index in [0.717, 1.165) is 10.4 Å². The molecule has 4 heteroatoms. The van der Waals surface area contributed by atoms with Gasteiger partial charge in [0.05, 0.1) is 0 Å². The smallest absolute Gasteiger partial charge is 0.139 e. The van der Waals surface area contributed by atoms with Crippen LogP contribution in [0.25, 0.3) is 0 Å². The third-order valence-corrected chi connectivity index (χ3v) is 4.73. The van der Waals surface area contributed by atoms with Crippen LogP contribution in [0.15, 0.2) is 58.3 Å². The first-order valence-corrected chi connectivity index (χ1v) is 7.02. The quantitative estimate of drug-likeness (QED) is 0.478. The third kappa shape index (κ3) is 2.37. The van der Waals surface area contributed by atoms with E-state index in [4.69, 9.17) is 5.73 Å². The molecule has 0 aromatic heterocycles. The minimum Gasteiger partial charge on any atom is -0.399 e. The highest BCUT2D eigenvalue weighted by Crippen LogP contribution is 2.20. The normalized spacial score (nSPS) is 14.1. The van der Waals surface area contributed by atoms with Crippen molar-refractivity contribution in [3.05, 3.63) is 48.5 Å². The maximum Gasteiger partial charge on any atom is 0.139 e. The van der Waals surface area contributed by atoms with Gasteiger partial charge in [0.2, 0.25) is 0 Å². The van der Waals surface area contributed by atoms with Crippen molar-refractivity contribution >= 4 is 34.4 Å². The van der Waals surface area contributed by atoms with Gasteiger partial charge in [-0.2, -0.15) is 0 Å². The van der Waals surface area contributed by atoms with Crippen molar-refractivity contribution in [2.75, 3.05) is 5.73 Å². The molecule has 0 aliphatic heterocycles. The van der Waals surface area contributed by atoms with Gasteiger partial charge in [-0.15, -0.1) is 0 Å². The van der Waals surface area contributed by atoms with Crippen LogP contribution in [0.3, 0.4) is 0 Å². The van der Waals surface area contributed by atoms with E-state index >= 15 is 0 Å². The van der Waals surface area contributed by atoms with Gasteiger partial charge < -0.3 is 5.73 Å². The van der Waals surface area contributed by atoms with E-state index in [-0.39, 0.29) is 0 Å². The summed E-state index contributed by atoms with van der Waals surface area (Å²) in [6.07, 6.45) is 0. The van der Waals surface area contributed by atoms with E-state index in [2.05, 4.69) is 5.87 Å². The lowest BCUT2D eigenvalue weighted by molar-refractivity contribution is 0.681. The summed E-state index contributed by atoms with van der Waals surface area (Å²) in [5.74, 6) is 3.86. The number of rotatable bonds is 2. The van der Waals surface area contributed by atoms with Gasteiger partial charge in [-0.25, -0.2) is 0 Å². The van der Waals surface area contributed by atoms with Crippen molar-refractivity contribution in [1.82, 2.24) is 0 Å². The highest BCUT2D eigenvalue weighted by atomic mass is 32.2. The minimum absolute atomic E-state index is 0.660. The molecule has 0 saturated carbocycles. The number of anilines is 1. The number of nitrogen functional groups attached to an aromatic ring is 1. The molecular weight excluding hydrogens is 229 g/mol. The zero-order chi connectivity index (χ0) is 12.5. The zero-order valence-electron chi connectivity index (χ0n) is 9.72. The molecule has 1 unspecified atom stereocenters. The molecule has 0 radical (unpaired) electrons. The molecule has 2 nitrogen and oxygen atoms in total. The Balaban J connectivity index is 2.50. The Kier molecular flexibility index (Phi) is 2.98. The molecule has 0 saturated heterocycles. The second kappa shape index (κ2) is 4.30. The van der Waals surface area contributed by atoms with Crippen molar-refractivity contribution < 1.29 is 4.21 Å². The van der Waals surface area contributed by atoms with Crippen LogP contribution in [-0.4, -0.2) is 17.9 Å². The minimum atomic E-state index is -2.43. The molecule has 0 fully saturated rings. The predicted octanol–water partition coefficient (Wildman–Crippen LogP) is 0.662. The largest absolute Gasteiger partial charge is 0.399 e. The maximum absolute atomic E-state index is 12.7. The lowest BCUT2D eigenvalue weighted by Gasteiger charge is -2.10. The van der Waals surface area contributed by atoms with Crippen LogP contribution in [0.4, 0.5) is 5.69 Å². The third-order valence-electron chi connectivity index (χ3n) is 2.66. The molecule has 0 spiro atoms. The maximum atomic E-state index is 12.7. The fraction of sp³-hybridized carbons (Fsp3) is 0. The zero-order valence-corrected chi connectivity index (χ0v) is 10.5. The molecule has 2 rings (SSSR count). The van der Waals surface area contributed by atoms with Gasteiger partial charge in [-0.05, 0) is 42.3 Å². The monoisotopic (exact) mass is 243 g/mol. The summed E-state index contributed by atoms with van der Waals surface area (Å²) in [5.41, 5.74) is 7.42. The molecule has 0 aliphatic rings. The van der Waals surface area contributed by atoms with Crippen LogP contribution < -0.4 is 11.2 Å². The lowest BCUT2D eigenvalue weighted by Crippen LogP contribution is -2.05. The molecule has 0 amide bonds. The van der Waals surface area contributed by atoms with E-state index in [9.17, 15) is 4.21 Å². The highest BCUT2D eigenvalue weighted by molar-refractivity contribution is 8.00. The molecule has 86 valence electrons. The van der Waals surface area contributed by atoms with Gasteiger partial charge in [0.25, 0.3) is 0 Å².